The van der Waals surface area contributed by atoms with E-state index >= 15 is 0 Å². The molecule has 0 aliphatic heterocycles. The Hall–Kier alpha value is -3.43. The number of aromatic nitrogens is 1. The van der Waals surface area contributed by atoms with Crippen molar-refractivity contribution >= 4 is 22.3 Å². The first-order chi connectivity index (χ1) is 19.7. The van der Waals surface area contributed by atoms with Crippen LogP contribution in [0.3, 0.4) is 0 Å². The average molecular weight is 577 g/mol. The molecule has 1 unspecified atom stereocenters. The first kappa shape index (κ1) is 32.1. The van der Waals surface area contributed by atoms with Gasteiger partial charge in [0.15, 0.2) is 0 Å². The summed E-state index contributed by atoms with van der Waals surface area (Å²) in [5.74, 6) is 6.14. The Balaban J connectivity index is 1.73. The van der Waals surface area contributed by atoms with Crippen molar-refractivity contribution in [2.75, 3.05) is 77.4 Å². The van der Waals surface area contributed by atoms with Gasteiger partial charge >= 0.3 is 6.18 Å². The van der Waals surface area contributed by atoms with Crippen LogP contribution in [0, 0.1) is 17.8 Å². The van der Waals surface area contributed by atoms with Gasteiger partial charge in [-0.05, 0) is 62.7 Å². The number of phenolic OH excluding ortho intramolecular Hbond substituents is 1. The normalized spacial score (nSPS) is 12.4. The minimum Gasteiger partial charge on any atom is -0.508 e. The van der Waals surface area contributed by atoms with Crippen LogP contribution in [0.2, 0.25) is 0 Å². The Kier molecular flexibility index (Phi) is 12.6. The summed E-state index contributed by atoms with van der Waals surface area (Å²) in [6.07, 6.45) is -3.62. The van der Waals surface area contributed by atoms with Gasteiger partial charge < -0.3 is 39.8 Å². The van der Waals surface area contributed by atoms with E-state index < -0.39 is 12.7 Å². The topological polar surface area (TPSA) is 91.2 Å². The van der Waals surface area contributed by atoms with Crippen molar-refractivity contribution < 1.29 is 32.9 Å². The van der Waals surface area contributed by atoms with Crippen molar-refractivity contribution in [1.82, 2.24) is 9.47 Å². The van der Waals surface area contributed by atoms with Crippen molar-refractivity contribution in [3.63, 3.8) is 0 Å². The Morgan fingerprint density at radius 2 is 1.76 bits per heavy atom. The maximum Gasteiger partial charge on any atom is 0.406 e. The van der Waals surface area contributed by atoms with E-state index in [1.165, 1.54) is 4.57 Å². The molecule has 0 fully saturated rings. The highest BCUT2D eigenvalue weighted by molar-refractivity contribution is 5.94. The van der Waals surface area contributed by atoms with Gasteiger partial charge in [-0.1, -0.05) is 18.1 Å². The highest BCUT2D eigenvalue weighted by Crippen LogP contribution is 2.30. The molecule has 2 aromatic carbocycles. The van der Waals surface area contributed by atoms with E-state index in [-0.39, 0.29) is 37.1 Å². The predicted molar refractivity (Wildman–Crippen MR) is 155 cm³/mol. The number of hydrogen-bond donors (Lipinski definition) is 4. The third-order valence-electron chi connectivity index (χ3n) is 6.21. The molecule has 4 N–H and O–H groups in total. The molecular weight excluding hydrogens is 537 g/mol. The van der Waals surface area contributed by atoms with Crippen molar-refractivity contribution in [1.29, 1.82) is 0 Å². The Morgan fingerprint density at radius 3 is 2.46 bits per heavy atom. The molecule has 0 amide bonds. The largest absolute Gasteiger partial charge is 0.508 e. The number of rotatable bonds is 16. The van der Waals surface area contributed by atoms with E-state index in [4.69, 9.17) is 14.6 Å². The monoisotopic (exact) mass is 576 g/mol. The summed E-state index contributed by atoms with van der Waals surface area (Å²) in [5.41, 5.74) is 2.12. The maximum atomic E-state index is 13.5. The number of nitrogens with zero attached hydrogens (tertiary/aromatic N) is 2. The molecule has 0 aliphatic rings. The molecule has 8 nitrogen and oxygen atoms in total. The van der Waals surface area contributed by atoms with Crippen LogP contribution in [0.15, 0.2) is 48.5 Å². The van der Waals surface area contributed by atoms with Gasteiger partial charge in [0.1, 0.15) is 12.3 Å². The number of aliphatic hydroxyl groups excluding tert-OH is 1. The van der Waals surface area contributed by atoms with Gasteiger partial charge in [0.2, 0.25) is 0 Å². The highest BCUT2D eigenvalue weighted by Gasteiger charge is 2.30. The third kappa shape index (κ3) is 11.2. The van der Waals surface area contributed by atoms with Crippen LogP contribution in [0.25, 0.3) is 10.9 Å². The molecule has 0 aliphatic carbocycles. The summed E-state index contributed by atoms with van der Waals surface area (Å²) >= 11 is 0. The van der Waals surface area contributed by atoms with Crippen LogP contribution in [-0.2, 0) is 16.0 Å². The number of aliphatic hydroxyl groups is 1. The number of fused-ring (bicyclic) bond motifs is 1. The predicted octanol–water partition coefficient (Wildman–Crippen LogP) is 4.38. The summed E-state index contributed by atoms with van der Waals surface area (Å²) < 4.78 is 52.7. The lowest BCUT2D eigenvalue weighted by Crippen LogP contribution is -2.28. The van der Waals surface area contributed by atoms with Crippen LogP contribution >= 0.6 is 0 Å². The van der Waals surface area contributed by atoms with Crippen LogP contribution in [-0.4, -0.2) is 92.6 Å². The number of benzene rings is 2. The number of anilines is 2. The fraction of sp³-hybridized carbons (Fsp3) is 0.467. The summed E-state index contributed by atoms with van der Waals surface area (Å²) in [6.45, 7) is 2.16. The molecule has 0 saturated heterocycles. The molecule has 0 bridgehead atoms. The second-order valence-electron chi connectivity index (χ2n) is 9.92. The number of hydrogen-bond acceptors (Lipinski definition) is 7. The minimum absolute atomic E-state index is 0.0193. The molecule has 41 heavy (non-hydrogen) atoms. The van der Waals surface area contributed by atoms with Gasteiger partial charge in [-0.25, -0.2) is 0 Å². The lowest BCUT2D eigenvalue weighted by Gasteiger charge is -2.22. The minimum atomic E-state index is -4.41. The second-order valence-corrected chi connectivity index (χ2v) is 9.92. The first-order valence-corrected chi connectivity index (χ1v) is 13.5. The number of halogens is 3. The van der Waals surface area contributed by atoms with Gasteiger partial charge in [0, 0.05) is 42.5 Å². The van der Waals surface area contributed by atoms with Gasteiger partial charge in [0.25, 0.3) is 0 Å². The van der Waals surface area contributed by atoms with Crippen LogP contribution < -0.4 is 10.6 Å². The van der Waals surface area contributed by atoms with Gasteiger partial charge in [-0.15, -0.1) is 0 Å². The van der Waals surface area contributed by atoms with E-state index in [0.717, 1.165) is 18.7 Å². The molecule has 1 heterocycles. The van der Waals surface area contributed by atoms with Crippen LogP contribution in [0.1, 0.15) is 12.1 Å². The number of aromatic hydroxyl groups is 1. The summed E-state index contributed by atoms with van der Waals surface area (Å²) in [7, 11) is 3.99. The van der Waals surface area contributed by atoms with Crippen molar-refractivity contribution in [2.24, 2.45) is 5.92 Å². The molecule has 224 valence electrons. The maximum absolute atomic E-state index is 13.5. The highest BCUT2D eigenvalue weighted by atomic mass is 19.4. The Morgan fingerprint density at radius 1 is 1.00 bits per heavy atom. The number of ether oxygens (including phenoxy) is 2. The molecule has 0 saturated carbocycles. The standard InChI is InChI=1S/C30H39F3N4O4/c1-36(2)21-23(11-14-40-16-17-41-15-13-38)20-35-28-9-4-10-29-27(28)19-25(37(29)22-30(31,32)33)7-5-12-34-24-6-3-8-26(39)18-24/h3-4,6,8-10,18-19,23,34-35,38-39H,11-17,20-22H2,1-2H3. The molecule has 1 atom stereocenters. The molecule has 0 spiro atoms. The van der Waals surface area contributed by atoms with Gasteiger partial charge in [-0.2, -0.15) is 13.2 Å². The molecule has 1 aromatic heterocycles. The van der Waals surface area contributed by atoms with Gasteiger partial charge in [0.05, 0.1) is 44.2 Å². The molecule has 11 heteroatoms. The van der Waals surface area contributed by atoms with E-state index in [1.54, 1.807) is 42.5 Å². The van der Waals surface area contributed by atoms with Crippen molar-refractivity contribution in [3.8, 4) is 17.6 Å². The van der Waals surface area contributed by atoms with E-state index in [9.17, 15) is 18.3 Å². The molecular formula is C30H39F3N4O4. The zero-order chi connectivity index (χ0) is 29.7. The lowest BCUT2D eigenvalue weighted by molar-refractivity contribution is -0.140. The zero-order valence-corrected chi connectivity index (χ0v) is 23.5. The Bertz CT molecular complexity index is 1280. The Labute approximate surface area is 239 Å². The van der Waals surface area contributed by atoms with E-state index in [2.05, 4.69) is 27.4 Å². The van der Waals surface area contributed by atoms with Crippen molar-refractivity contribution in [3.05, 3.63) is 54.2 Å². The quantitative estimate of drug-likeness (QED) is 0.149. The number of alkyl halides is 3. The summed E-state index contributed by atoms with van der Waals surface area (Å²) in [4.78, 5) is 2.09. The van der Waals surface area contributed by atoms with E-state index in [1.807, 2.05) is 20.2 Å². The third-order valence-corrected chi connectivity index (χ3v) is 6.21. The first-order valence-electron chi connectivity index (χ1n) is 13.5. The zero-order valence-electron chi connectivity index (χ0n) is 23.5. The smallest absolute Gasteiger partial charge is 0.406 e. The van der Waals surface area contributed by atoms with Crippen LogP contribution in [0.5, 0.6) is 5.75 Å². The van der Waals surface area contributed by atoms with Crippen LogP contribution in [0.4, 0.5) is 24.5 Å². The average Bonchev–Trinajstić information content (AvgIpc) is 3.25. The van der Waals surface area contributed by atoms with Gasteiger partial charge in [-0.3, -0.25) is 0 Å². The fourth-order valence-corrected chi connectivity index (χ4v) is 4.45. The molecule has 0 radical (unpaired) electrons. The molecule has 3 aromatic rings. The fourth-order valence-electron chi connectivity index (χ4n) is 4.45. The lowest BCUT2D eigenvalue weighted by atomic mass is 10.1. The van der Waals surface area contributed by atoms with Crippen molar-refractivity contribution in [2.45, 2.75) is 19.1 Å². The number of nitrogens with one attached hydrogen (secondary N) is 2. The number of phenols is 1. The summed E-state index contributed by atoms with van der Waals surface area (Å²) in [6, 6.07) is 13.5. The summed E-state index contributed by atoms with van der Waals surface area (Å²) in [5, 5.41) is 25.5. The van der Waals surface area contributed by atoms with E-state index in [0.29, 0.717) is 43.0 Å². The SMILES string of the molecule is CN(C)CC(CCOCCOCCO)CNc1cccc2c1cc(C#CCNc1cccc(O)c1)n2CC(F)(F)F. The second kappa shape index (κ2) is 16.1. The molecule has 3 rings (SSSR count).